The van der Waals surface area contributed by atoms with E-state index in [0.29, 0.717) is 0 Å². The van der Waals surface area contributed by atoms with E-state index in [2.05, 4.69) is 5.32 Å². The molecule has 28 heavy (non-hydrogen) atoms. The maximum absolute atomic E-state index is 12.2. The Morgan fingerprint density at radius 1 is 0.857 bits per heavy atom. The van der Waals surface area contributed by atoms with E-state index in [4.69, 9.17) is 26.8 Å². The molecule has 4 amide bonds. The minimum absolute atomic E-state index is 0.680. The van der Waals surface area contributed by atoms with Gasteiger partial charge in [-0.3, -0.25) is 24.0 Å². The molecule has 0 saturated carbocycles. The second-order valence-electron chi connectivity index (χ2n) is 5.75. The Morgan fingerprint density at radius 3 is 1.82 bits per heavy atom. The molecular weight excluding hydrogens is 382 g/mol. The molecule has 0 aliphatic carbocycles. The number of rotatable bonds is 12. The molecule has 14 heteroatoms. The highest BCUT2D eigenvalue weighted by atomic mass is 16.4. The van der Waals surface area contributed by atoms with Crippen LogP contribution in [0.15, 0.2) is 0 Å². The number of aliphatic carboxylic acids is 2. The van der Waals surface area contributed by atoms with Gasteiger partial charge in [0.25, 0.3) is 0 Å². The first-order valence-corrected chi connectivity index (χ1v) is 7.89. The Morgan fingerprint density at radius 2 is 1.39 bits per heavy atom. The standard InChI is InChI=1S/C14H23N5O9/c1-5(17-12(25)6(15)4-20)11(24)18-7(3-10(22)23)13(26)19-8(14(27)28)2-9(16)21/h5-8,20H,2-4,15H2,1H3,(H2,16,21)(H,17,25)(H,18,24)(H,19,26)(H,22,23)(H,27,28). The molecule has 0 aromatic carbocycles. The van der Waals surface area contributed by atoms with Gasteiger partial charge in [0.05, 0.1) is 19.4 Å². The number of carboxylic acid groups (broad SMARTS) is 2. The molecule has 0 fully saturated rings. The molecule has 0 saturated heterocycles. The zero-order chi connectivity index (χ0) is 22.0. The van der Waals surface area contributed by atoms with Gasteiger partial charge in [-0.2, -0.15) is 0 Å². The predicted octanol–water partition coefficient (Wildman–Crippen LogP) is -4.78. The Labute approximate surface area is 158 Å². The van der Waals surface area contributed by atoms with Crippen molar-refractivity contribution in [2.24, 2.45) is 11.5 Å². The van der Waals surface area contributed by atoms with Crippen LogP contribution in [0.2, 0.25) is 0 Å². The number of aliphatic hydroxyl groups excluding tert-OH is 1. The number of aliphatic hydroxyl groups is 1. The fourth-order valence-corrected chi connectivity index (χ4v) is 1.82. The zero-order valence-corrected chi connectivity index (χ0v) is 14.9. The normalized spacial score (nSPS) is 14.7. The maximum Gasteiger partial charge on any atom is 0.326 e. The summed E-state index contributed by atoms with van der Waals surface area (Å²) in [6, 6.07) is -5.97. The second kappa shape index (κ2) is 11.5. The molecule has 0 spiro atoms. The summed E-state index contributed by atoms with van der Waals surface area (Å²) >= 11 is 0. The van der Waals surface area contributed by atoms with Crippen LogP contribution < -0.4 is 27.4 Å². The average molecular weight is 405 g/mol. The molecule has 0 aliphatic heterocycles. The summed E-state index contributed by atoms with van der Waals surface area (Å²) in [6.07, 6.45) is -1.66. The van der Waals surface area contributed by atoms with Gasteiger partial charge in [0, 0.05) is 0 Å². The van der Waals surface area contributed by atoms with Crippen LogP contribution in [-0.2, 0) is 28.8 Å². The predicted molar refractivity (Wildman–Crippen MR) is 90.2 cm³/mol. The van der Waals surface area contributed by atoms with Crippen LogP contribution in [0, 0.1) is 0 Å². The fourth-order valence-electron chi connectivity index (χ4n) is 1.82. The lowest BCUT2D eigenvalue weighted by molar-refractivity contribution is -0.144. The van der Waals surface area contributed by atoms with Crippen molar-refractivity contribution in [2.75, 3.05) is 6.61 Å². The summed E-state index contributed by atoms with van der Waals surface area (Å²) in [5.41, 5.74) is 10.2. The summed E-state index contributed by atoms with van der Waals surface area (Å²) in [7, 11) is 0. The first-order chi connectivity index (χ1) is 12.9. The van der Waals surface area contributed by atoms with E-state index in [-0.39, 0.29) is 0 Å². The van der Waals surface area contributed by atoms with Crippen molar-refractivity contribution in [3.05, 3.63) is 0 Å². The molecule has 0 bridgehead atoms. The number of carbonyl (C=O) groups is 6. The topological polar surface area (TPSA) is 251 Å². The van der Waals surface area contributed by atoms with Crippen molar-refractivity contribution in [3.63, 3.8) is 0 Å². The molecule has 0 rings (SSSR count). The van der Waals surface area contributed by atoms with E-state index in [0.717, 1.165) is 0 Å². The molecular formula is C14H23N5O9. The van der Waals surface area contributed by atoms with Crippen LogP contribution in [-0.4, -0.2) is 81.7 Å². The smallest absolute Gasteiger partial charge is 0.326 e. The molecule has 0 radical (unpaired) electrons. The molecule has 0 aliphatic rings. The SMILES string of the molecule is CC(NC(=O)C(N)CO)C(=O)NC(CC(=O)O)C(=O)NC(CC(N)=O)C(=O)O. The molecule has 0 aromatic heterocycles. The van der Waals surface area contributed by atoms with Crippen LogP contribution in [0.1, 0.15) is 19.8 Å². The summed E-state index contributed by atoms with van der Waals surface area (Å²) in [5.74, 6) is -7.12. The Balaban J connectivity index is 5.14. The van der Waals surface area contributed by atoms with E-state index in [1.165, 1.54) is 6.92 Å². The first kappa shape index (κ1) is 24.7. The quantitative estimate of drug-likeness (QED) is 0.154. The molecule has 0 aromatic rings. The number of amides is 4. The molecule has 158 valence electrons. The second-order valence-corrected chi connectivity index (χ2v) is 5.75. The van der Waals surface area contributed by atoms with Gasteiger partial charge in [-0.05, 0) is 6.92 Å². The van der Waals surface area contributed by atoms with Gasteiger partial charge in [-0.1, -0.05) is 0 Å². The summed E-state index contributed by atoms with van der Waals surface area (Å²) in [4.78, 5) is 68.7. The van der Waals surface area contributed by atoms with Crippen molar-refractivity contribution in [1.82, 2.24) is 16.0 Å². The highest BCUT2D eigenvalue weighted by molar-refractivity contribution is 5.96. The van der Waals surface area contributed by atoms with E-state index in [1.54, 1.807) is 0 Å². The third kappa shape index (κ3) is 8.91. The van der Waals surface area contributed by atoms with Gasteiger partial charge >= 0.3 is 11.9 Å². The van der Waals surface area contributed by atoms with Crippen LogP contribution in [0.5, 0.6) is 0 Å². The number of primary amides is 1. The highest BCUT2D eigenvalue weighted by Crippen LogP contribution is 1.99. The van der Waals surface area contributed by atoms with Crippen LogP contribution in [0.3, 0.4) is 0 Å². The van der Waals surface area contributed by atoms with E-state index in [9.17, 15) is 28.8 Å². The molecule has 4 unspecified atom stereocenters. The van der Waals surface area contributed by atoms with E-state index < -0.39 is 79.2 Å². The summed E-state index contributed by atoms with van der Waals surface area (Å²) in [6.45, 7) is 0.529. The van der Waals surface area contributed by atoms with Crippen molar-refractivity contribution in [3.8, 4) is 0 Å². The van der Waals surface area contributed by atoms with Gasteiger partial charge in [-0.25, -0.2) is 4.79 Å². The molecule has 4 atom stereocenters. The van der Waals surface area contributed by atoms with Crippen molar-refractivity contribution < 1.29 is 44.1 Å². The minimum atomic E-state index is -1.72. The fraction of sp³-hybridized carbons (Fsp3) is 0.571. The van der Waals surface area contributed by atoms with Crippen LogP contribution in [0.4, 0.5) is 0 Å². The molecule has 0 heterocycles. The zero-order valence-electron chi connectivity index (χ0n) is 14.9. The van der Waals surface area contributed by atoms with E-state index >= 15 is 0 Å². The molecule has 14 nitrogen and oxygen atoms in total. The number of carbonyl (C=O) groups excluding carboxylic acids is 4. The summed E-state index contributed by atoms with van der Waals surface area (Å²) in [5, 5.41) is 32.7. The first-order valence-electron chi connectivity index (χ1n) is 7.89. The Hall–Kier alpha value is -3.26. The van der Waals surface area contributed by atoms with Gasteiger partial charge in [0.1, 0.15) is 24.2 Å². The monoisotopic (exact) mass is 405 g/mol. The summed E-state index contributed by atoms with van der Waals surface area (Å²) < 4.78 is 0. The van der Waals surface area contributed by atoms with Gasteiger partial charge in [-0.15, -0.1) is 0 Å². The lowest BCUT2D eigenvalue weighted by Crippen LogP contribution is -2.57. The van der Waals surface area contributed by atoms with Gasteiger partial charge in [0.15, 0.2) is 0 Å². The van der Waals surface area contributed by atoms with Crippen LogP contribution in [0.25, 0.3) is 0 Å². The van der Waals surface area contributed by atoms with E-state index in [1.807, 2.05) is 10.6 Å². The minimum Gasteiger partial charge on any atom is -0.481 e. The van der Waals surface area contributed by atoms with Crippen molar-refractivity contribution >= 4 is 35.6 Å². The third-order valence-corrected chi connectivity index (χ3v) is 3.32. The number of carboxylic acids is 2. The average Bonchev–Trinajstić information content (AvgIpc) is 2.58. The number of nitrogens with one attached hydrogen (secondary N) is 3. The number of nitrogens with two attached hydrogens (primary N) is 2. The number of hydrogen-bond acceptors (Lipinski definition) is 8. The Kier molecular flexibility index (Phi) is 10.1. The van der Waals surface area contributed by atoms with Crippen molar-refractivity contribution in [2.45, 2.75) is 43.9 Å². The maximum atomic E-state index is 12.2. The van der Waals surface area contributed by atoms with Gasteiger partial charge in [0.2, 0.25) is 23.6 Å². The molecule has 10 N–H and O–H groups in total. The Bertz CT molecular complexity index is 639. The van der Waals surface area contributed by atoms with Crippen LogP contribution >= 0.6 is 0 Å². The highest BCUT2D eigenvalue weighted by Gasteiger charge is 2.30. The lowest BCUT2D eigenvalue weighted by atomic mass is 10.1. The number of hydrogen-bond donors (Lipinski definition) is 8. The van der Waals surface area contributed by atoms with Gasteiger partial charge < -0.3 is 42.7 Å². The third-order valence-electron chi connectivity index (χ3n) is 3.32. The van der Waals surface area contributed by atoms with Crippen molar-refractivity contribution in [1.29, 1.82) is 0 Å². The largest absolute Gasteiger partial charge is 0.481 e. The lowest BCUT2D eigenvalue weighted by Gasteiger charge is -2.22.